The molecule has 0 saturated heterocycles. The zero-order valence-electron chi connectivity index (χ0n) is 4.96. The van der Waals surface area contributed by atoms with Gasteiger partial charge in [0.15, 0.2) is 0 Å². The van der Waals surface area contributed by atoms with Crippen LogP contribution in [0.1, 0.15) is 13.3 Å². The maximum atomic E-state index is 5.42. The Kier molecular flexibility index (Phi) is 1.33. The van der Waals surface area contributed by atoms with Crippen molar-refractivity contribution >= 4 is 5.84 Å². The van der Waals surface area contributed by atoms with Crippen molar-refractivity contribution in [2.24, 2.45) is 10.7 Å². The molecule has 0 aromatic heterocycles. The zero-order chi connectivity index (χ0) is 5.98. The summed E-state index contributed by atoms with van der Waals surface area (Å²) >= 11 is 0. The smallest absolute Gasteiger partial charge is 0.0982 e. The van der Waals surface area contributed by atoms with Gasteiger partial charge < -0.3 is 5.73 Å². The second-order valence-corrected chi connectivity index (χ2v) is 1.99. The maximum absolute atomic E-state index is 5.42. The lowest BCUT2D eigenvalue weighted by molar-refractivity contribution is 0.897. The molecule has 1 rings (SSSR count). The van der Waals surface area contributed by atoms with E-state index in [1.165, 1.54) is 0 Å². The number of rotatable bonds is 0. The van der Waals surface area contributed by atoms with Crippen LogP contribution in [-0.2, 0) is 0 Å². The molecule has 2 heteroatoms. The Bertz CT molecular complexity index is 135. The van der Waals surface area contributed by atoms with E-state index in [0.717, 1.165) is 12.3 Å². The predicted molar refractivity (Wildman–Crippen MR) is 34.8 cm³/mol. The van der Waals surface area contributed by atoms with Crippen LogP contribution >= 0.6 is 0 Å². The molecule has 1 atom stereocenters. The highest BCUT2D eigenvalue weighted by atomic mass is 14.9. The van der Waals surface area contributed by atoms with Gasteiger partial charge in [-0.3, -0.25) is 4.99 Å². The monoisotopic (exact) mass is 110 g/mol. The minimum absolute atomic E-state index is 0.295. The van der Waals surface area contributed by atoms with Gasteiger partial charge in [-0.2, -0.15) is 0 Å². The quantitative estimate of drug-likeness (QED) is 0.458. The van der Waals surface area contributed by atoms with Crippen molar-refractivity contribution < 1.29 is 0 Å². The van der Waals surface area contributed by atoms with Crippen LogP contribution in [0.2, 0.25) is 0 Å². The molecular formula is C6H10N2. The lowest BCUT2D eigenvalue weighted by Crippen LogP contribution is -2.16. The van der Waals surface area contributed by atoms with Crippen LogP contribution in [0.3, 0.4) is 0 Å². The lowest BCUT2D eigenvalue weighted by Gasteiger charge is -2.05. The number of aliphatic imine (C=N–C) groups is 1. The fourth-order valence-corrected chi connectivity index (χ4v) is 0.743. The molecule has 0 amide bonds. The molecule has 0 fully saturated rings. The minimum atomic E-state index is 0.295. The van der Waals surface area contributed by atoms with Gasteiger partial charge in [0, 0.05) is 6.42 Å². The third-order valence-electron chi connectivity index (χ3n) is 1.11. The standard InChI is InChI=1S/C6H10N2/c1-5-3-2-4-6(7)8-5/h2-3,5H,4H2,1H3,(H2,7,8). The summed E-state index contributed by atoms with van der Waals surface area (Å²) < 4.78 is 0. The van der Waals surface area contributed by atoms with E-state index in [4.69, 9.17) is 5.73 Å². The normalized spacial score (nSPS) is 27.6. The van der Waals surface area contributed by atoms with Crippen LogP contribution in [0.4, 0.5) is 0 Å². The van der Waals surface area contributed by atoms with E-state index >= 15 is 0 Å². The van der Waals surface area contributed by atoms with Gasteiger partial charge in [-0.05, 0) is 6.92 Å². The minimum Gasteiger partial charge on any atom is -0.387 e. The van der Waals surface area contributed by atoms with Crippen molar-refractivity contribution in [1.82, 2.24) is 0 Å². The van der Waals surface area contributed by atoms with Gasteiger partial charge in [0.1, 0.15) is 0 Å². The van der Waals surface area contributed by atoms with Crippen molar-refractivity contribution in [2.75, 3.05) is 0 Å². The maximum Gasteiger partial charge on any atom is 0.0982 e. The van der Waals surface area contributed by atoms with Crippen LogP contribution in [0.15, 0.2) is 17.1 Å². The SMILES string of the molecule is CC1C=CCC(N)=N1. The van der Waals surface area contributed by atoms with Crippen LogP contribution in [0, 0.1) is 0 Å². The largest absolute Gasteiger partial charge is 0.387 e. The molecule has 44 valence electrons. The molecule has 8 heavy (non-hydrogen) atoms. The highest BCUT2D eigenvalue weighted by Crippen LogP contribution is 2.00. The second kappa shape index (κ2) is 1.99. The van der Waals surface area contributed by atoms with Crippen molar-refractivity contribution in [3.05, 3.63) is 12.2 Å². The lowest BCUT2D eigenvalue weighted by atomic mass is 10.2. The summed E-state index contributed by atoms with van der Waals surface area (Å²) in [5.41, 5.74) is 5.42. The van der Waals surface area contributed by atoms with E-state index < -0.39 is 0 Å². The van der Waals surface area contributed by atoms with Gasteiger partial charge in [-0.15, -0.1) is 0 Å². The molecule has 2 nitrogen and oxygen atoms in total. The van der Waals surface area contributed by atoms with Crippen LogP contribution in [0.5, 0.6) is 0 Å². The fourth-order valence-electron chi connectivity index (χ4n) is 0.743. The summed E-state index contributed by atoms with van der Waals surface area (Å²) in [6, 6.07) is 0.295. The van der Waals surface area contributed by atoms with Crippen molar-refractivity contribution in [3.8, 4) is 0 Å². The number of amidine groups is 1. The first-order valence-electron chi connectivity index (χ1n) is 2.78. The van der Waals surface area contributed by atoms with E-state index in [2.05, 4.69) is 11.1 Å². The van der Waals surface area contributed by atoms with Gasteiger partial charge >= 0.3 is 0 Å². The predicted octanol–water partition coefficient (Wildman–Crippen LogP) is 0.692. The average Bonchev–Trinajstić information content (AvgIpc) is 1.64. The fraction of sp³-hybridized carbons (Fsp3) is 0.500. The van der Waals surface area contributed by atoms with E-state index in [-0.39, 0.29) is 0 Å². The molecule has 1 unspecified atom stereocenters. The van der Waals surface area contributed by atoms with E-state index in [9.17, 15) is 0 Å². The van der Waals surface area contributed by atoms with Crippen molar-refractivity contribution in [1.29, 1.82) is 0 Å². The molecule has 0 aromatic carbocycles. The highest BCUT2D eigenvalue weighted by molar-refractivity contribution is 5.82. The molecule has 1 heterocycles. The summed E-state index contributed by atoms with van der Waals surface area (Å²) in [6.45, 7) is 2.02. The molecular weight excluding hydrogens is 100 g/mol. The third-order valence-corrected chi connectivity index (χ3v) is 1.11. The van der Waals surface area contributed by atoms with E-state index in [1.807, 2.05) is 13.0 Å². The van der Waals surface area contributed by atoms with Gasteiger partial charge in [0.2, 0.25) is 0 Å². The molecule has 1 aliphatic rings. The number of dihydropyridines is 1. The van der Waals surface area contributed by atoms with Gasteiger partial charge in [0.25, 0.3) is 0 Å². The molecule has 0 spiro atoms. The summed E-state index contributed by atoms with van der Waals surface area (Å²) in [6.07, 6.45) is 4.92. The average molecular weight is 110 g/mol. The first-order chi connectivity index (χ1) is 3.79. The van der Waals surface area contributed by atoms with E-state index in [1.54, 1.807) is 0 Å². The molecule has 0 saturated carbocycles. The van der Waals surface area contributed by atoms with Crippen molar-refractivity contribution in [2.45, 2.75) is 19.4 Å². The molecule has 0 radical (unpaired) electrons. The summed E-state index contributed by atoms with van der Waals surface area (Å²) in [4.78, 5) is 4.09. The summed E-state index contributed by atoms with van der Waals surface area (Å²) in [5.74, 6) is 0.750. The highest BCUT2D eigenvalue weighted by Gasteiger charge is 1.98. The number of hydrogen-bond acceptors (Lipinski definition) is 2. The Morgan fingerprint density at radius 3 is 3.00 bits per heavy atom. The Labute approximate surface area is 49.1 Å². The van der Waals surface area contributed by atoms with Gasteiger partial charge in [-0.25, -0.2) is 0 Å². The Morgan fingerprint density at radius 2 is 2.62 bits per heavy atom. The first kappa shape index (κ1) is 5.35. The third kappa shape index (κ3) is 1.09. The zero-order valence-corrected chi connectivity index (χ0v) is 4.96. The summed E-state index contributed by atoms with van der Waals surface area (Å²) in [5, 5.41) is 0. The number of nitrogens with zero attached hydrogens (tertiary/aromatic N) is 1. The Balaban J connectivity index is 2.60. The van der Waals surface area contributed by atoms with Crippen LogP contribution in [0.25, 0.3) is 0 Å². The van der Waals surface area contributed by atoms with E-state index in [0.29, 0.717) is 6.04 Å². The first-order valence-corrected chi connectivity index (χ1v) is 2.78. The van der Waals surface area contributed by atoms with Crippen molar-refractivity contribution in [3.63, 3.8) is 0 Å². The molecule has 0 aromatic rings. The topological polar surface area (TPSA) is 38.4 Å². The molecule has 1 aliphatic heterocycles. The molecule has 0 bridgehead atoms. The molecule has 2 N–H and O–H groups in total. The number of nitrogens with two attached hydrogens (primary N) is 1. The Hall–Kier alpha value is -0.790. The van der Waals surface area contributed by atoms with Crippen LogP contribution in [-0.4, -0.2) is 11.9 Å². The van der Waals surface area contributed by atoms with Gasteiger partial charge in [-0.1, -0.05) is 12.2 Å². The van der Waals surface area contributed by atoms with Gasteiger partial charge in [0.05, 0.1) is 11.9 Å². The Morgan fingerprint density at radius 1 is 1.88 bits per heavy atom. The molecule has 0 aliphatic carbocycles. The summed E-state index contributed by atoms with van der Waals surface area (Å²) in [7, 11) is 0. The van der Waals surface area contributed by atoms with Crippen LogP contribution < -0.4 is 5.73 Å². The number of hydrogen-bond donors (Lipinski definition) is 1. The second-order valence-electron chi connectivity index (χ2n) is 1.99.